The van der Waals surface area contributed by atoms with Crippen LogP contribution in [-0.2, 0) is 6.42 Å². The molecule has 1 aromatic heterocycles. The molecule has 0 aliphatic rings. The molecule has 1 N–H and O–H groups in total. The van der Waals surface area contributed by atoms with Crippen molar-refractivity contribution in [2.45, 2.75) is 40.5 Å². The molecule has 0 aromatic carbocycles. The van der Waals surface area contributed by atoms with Gasteiger partial charge in [0, 0.05) is 13.0 Å². The van der Waals surface area contributed by atoms with Crippen molar-refractivity contribution in [3.8, 4) is 5.88 Å². The summed E-state index contributed by atoms with van der Waals surface area (Å²) < 4.78 is 5.67. The Morgan fingerprint density at radius 3 is 2.67 bits per heavy atom. The first-order valence-corrected chi connectivity index (χ1v) is 6.58. The molecule has 0 aliphatic heterocycles. The molecule has 1 rings (SSSR count). The third-order valence-corrected chi connectivity index (χ3v) is 2.52. The Kier molecular flexibility index (Phi) is 6.19. The zero-order valence-electron chi connectivity index (χ0n) is 11.8. The van der Waals surface area contributed by atoms with Crippen LogP contribution in [0, 0.1) is 6.92 Å². The van der Waals surface area contributed by atoms with E-state index in [1.54, 1.807) is 0 Å². The predicted octanol–water partition coefficient (Wildman–Crippen LogP) is 3.12. The Balaban J connectivity index is 2.97. The molecular weight excluding hydrogens is 226 g/mol. The van der Waals surface area contributed by atoms with E-state index < -0.39 is 0 Å². The first-order valence-electron chi connectivity index (χ1n) is 6.58. The summed E-state index contributed by atoms with van der Waals surface area (Å²) >= 11 is 0. The number of anilines is 1. The molecule has 4 nitrogen and oxygen atoms in total. The fourth-order valence-electron chi connectivity index (χ4n) is 1.58. The minimum Gasteiger partial charge on any atom is -0.473 e. The molecule has 0 spiro atoms. The number of hydrogen-bond acceptors (Lipinski definition) is 4. The van der Waals surface area contributed by atoms with Crippen molar-refractivity contribution in [1.82, 2.24) is 9.97 Å². The highest BCUT2D eigenvalue weighted by molar-refractivity contribution is 5.48. The number of allylic oxidation sites excluding steroid dienone is 1. The van der Waals surface area contributed by atoms with Crippen LogP contribution < -0.4 is 10.1 Å². The lowest BCUT2D eigenvalue weighted by atomic mass is 10.2. The topological polar surface area (TPSA) is 47.0 Å². The minimum absolute atomic E-state index is 0.547. The first-order chi connectivity index (χ1) is 8.72. The number of aromatic nitrogens is 2. The second-order valence-electron chi connectivity index (χ2n) is 4.08. The maximum Gasteiger partial charge on any atom is 0.222 e. The molecule has 1 heterocycles. The highest BCUT2D eigenvalue weighted by atomic mass is 16.5. The number of nitrogens with one attached hydrogen (secondary N) is 1. The summed E-state index contributed by atoms with van der Waals surface area (Å²) in [4.78, 5) is 8.99. The Hall–Kier alpha value is -1.58. The molecule has 4 heteroatoms. The fraction of sp³-hybridized carbons (Fsp3) is 0.571. The van der Waals surface area contributed by atoms with Gasteiger partial charge in [0.15, 0.2) is 0 Å². The monoisotopic (exact) mass is 249 g/mol. The molecule has 0 radical (unpaired) electrons. The third kappa shape index (κ3) is 4.02. The number of ether oxygens (including phenoxy) is 1. The highest BCUT2D eigenvalue weighted by Gasteiger charge is 2.10. The molecule has 0 bridgehead atoms. The summed E-state index contributed by atoms with van der Waals surface area (Å²) in [5.74, 6) is 2.41. The van der Waals surface area contributed by atoms with Gasteiger partial charge in [-0.15, -0.1) is 0 Å². The van der Waals surface area contributed by atoms with Crippen molar-refractivity contribution in [3.63, 3.8) is 0 Å². The van der Waals surface area contributed by atoms with E-state index in [4.69, 9.17) is 4.74 Å². The zero-order valence-corrected chi connectivity index (χ0v) is 11.8. The molecule has 0 fully saturated rings. The second-order valence-corrected chi connectivity index (χ2v) is 4.08. The van der Waals surface area contributed by atoms with Crippen LogP contribution in [0.15, 0.2) is 12.2 Å². The van der Waals surface area contributed by atoms with Crippen LogP contribution in [0.4, 0.5) is 5.82 Å². The average Bonchev–Trinajstić information content (AvgIpc) is 2.35. The standard InChI is InChI=1S/C14H23N3O/c1-5-8-10-18-14-11(4)13(15-7-3)16-12(17-14)9-6-2/h5,8H,6-7,9-10H2,1-4H3,(H,15,16,17)/b8-5+. The number of rotatable bonds is 7. The lowest BCUT2D eigenvalue weighted by molar-refractivity contribution is 0.343. The van der Waals surface area contributed by atoms with Gasteiger partial charge in [-0.3, -0.25) is 0 Å². The van der Waals surface area contributed by atoms with E-state index in [0.29, 0.717) is 12.5 Å². The van der Waals surface area contributed by atoms with E-state index in [9.17, 15) is 0 Å². The summed E-state index contributed by atoms with van der Waals surface area (Å²) in [7, 11) is 0. The number of aryl methyl sites for hydroxylation is 1. The van der Waals surface area contributed by atoms with E-state index in [1.807, 2.05) is 26.0 Å². The summed E-state index contributed by atoms with van der Waals surface area (Å²) in [6.45, 7) is 9.53. The fourth-order valence-corrected chi connectivity index (χ4v) is 1.58. The van der Waals surface area contributed by atoms with E-state index in [-0.39, 0.29) is 0 Å². The number of nitrogens with zero attached hydrogens (tertiary/aromatic N) is 2. The zero-order chi connectivity index (χ0) is 13.4. The quantitative estimate of drug-likeness (QED) is 0.754. The van der Waals surface area contributed by atoms with Gasteiger partial charge in [0.1, 0.15) is 18.2 Å². The third-order valence-electron chi connectivity index (χ3n) is 2.52. The van der Waals surface area contributed by atoms with Crippen molar-refractivity contribution >= 4 is 5.82 Å². The van der Waals surface area contributed by atoms with E-state index in [0.717, 1.165) is 36.6 Å². The normalized spacial score (nSPS) is 10.9. The van der Waals surface area contributed by atoms with Crippen LogP contribution >= 0.6 is 0 Å². The molecule has 0 aliphatic carbocycles. The Labute approximate surface area is 109 Å². The van der Waals surface area contributed by atoms with Gasteiger partial charge < -0.3 is 10.1 Å². The van der Waals surface area contributed by atoms with Crippen molar-refractivity contribution in [2.75, 3.05) is 18.5 Å². The van der Waals surface area contributed by atoms with Crippen LogP contribution in [0.3, 0.4) is 0 Å². The Morgan fingerprint density at radius 2 is 2.06 bits per heavy atom. The van der Waals surface area contributed by atoms with Gasteiger partial charge in [-0.25, -0.2) is 4.98 Å². The molecule has 1 aromatic rings. The molecule has 100 valence electrons. The molecule has 0 amide bonds. The van der Waals surface area contributed by atoms with E-state index >= 15 is 0 Å². The van der Waals surface area contributed by atoms with Crippen LogP contribution in [0.25, 0.3) is 0 Å². The van der Waals surface area contributed by atoms with Crippen LogP contribution in [-0.4, -0.2) is 23.1 Å². The van der Waals surface area contributed by atoms with Crippen molar-refractivity contribution in [2.24, 2.45) is 0 Å². The predicted molar refractivity (Wildman–Crippen MR) is 75.2 cm³/mol. The molecule has 0 saturated heterocycles. The summed E-state index contributed by atoms with van der Waals surface area (Å²) in [6.07, 6.45) is 5.84. The van der Waals surface area contributed by atoms with Crippen LogP contribution in [0.2, 0.25) is 0 Å². The minimum atomic E-state index is 0.547. The maximum atomic E-state index is 5.67. The van der Waals surface area contributed by atoms with Gasteiger partial charge in [-0.1, -0.05) is 19.1 Å². The molecule has 18 heavy (non-hydrogen) atoms. The summed E-state index contributed by atoms with van der Waals surface area (Å²) in [6, 6.07) is 0. The molecule has 0 atom stereocenters. The van der Waals surface area contributed by atoms with Gasteiger partial charge in [0.05, 0.1) is 5.56 Å². The van der Waals surface area contributed by atoms with Gasteiger partial charge in [-0.2, -0.15) is 4.98 Å². The van der Waals surface area contributed by atoms with Crippen molar-refractivity contribution in [3.05, 3.63) is 23.5 Å². The lowest BCUT2D eigenvalue weighted by Crippen LogP contribution is -2.09. The van der Waals surface area contributed by atoms with Gasteiger partial charge >= 0.3 is 0 Å². The molecule has 0 saturated carbocycles. The van der Waals surface area contributed by atoms with Gasteiger partial charge in [0.2, 0.25) is 5.88 Å². The average molecular weight is 249 g/mol. The van der Waals surface area contributed by atoms with E-state index in [2.05, 4.69) is 29.1 Å². The SMILES string of the molecule is C/C=C/COc1nc(CCC)nc(NCC)c1C. The lowest BCUT2D eigenvalue weighted by Gasteiger charge is -2.13. The molecule has 0 unspecified atom stereocenters. The Bertz CT molecular complexity index is 402. The van der Waals surface area contributed by atoms with Crippen LogP contribution in [0.1, 0.15) is 38.6 Å². The van der Waals surface area contributed by atoms with Gasteiger partial charge in [0.25, 0.3) is 0 Å². The first kappa shape index (κ1) is 14.5. The largest absolute Gasteiger partial charge is 0.473 e. The van der Waals surface area contributed by atoms with Crippen LogP contribution in [0.5, 0.6) is 5.88 Å². The number of hydrogen-bond donors (Lipinski definition) is 1. The van der Waals surface area contributed by atoms with Crippen molar-refractivity contribution in [1.29, 1.82) is 0 Å². The highest BCUT2D eigenvalue weighted by Crippen LogP contribution is 2.22. The van der Waals surface area contributed by atoms with Gasteiger partial charge in [-0.05, 0) is 27.2 Å². The van der Waals surface area contributed by atoms with Crippen molar-refractivity contribution < 1.29 is 4.74 Å². The molecular formula is C14H23N3O. The smallest absolute Gasteiger partial charge is 0.222 e. The summed E-state index contributed by atoms with van der Waals surface area (Å²) in [5.41, 5.74) is 0.973. The Morgan fingerprint density at radius 1 is 1.28 bits per heavy atom. The summed E-state index contributed by atoms with van der Waals surface area (Å²) in [5, 5.41) is 3.26. The maximum absolute atomic E-state index is 5.67. The second kappa shape index (κ2) is 7.69. The van der Waals surface area contributed by atoms with E-state index in [1.165, 1.54) is 0 Å².